The van der Waals surface area contributed by atoms with Crippen molar-refractivity contribution in [3.05, 3.63) is 12.2 Å². The van der Waals surface area contributed by atoms with Crippen LogP contribution in [0.15, 0.2) is 12.2 Å². The Morgan fingerprint density at radius 3 is 1.51 bits per heavy atom. The summed E-state index contributed by atoms with van der Waals surface area (Å²) in [6, 6.07) is 0. The fourth-order valence-electron chi connectivity index (χ4n) is 5.34. The van der Waals surface area contributed by atoms with Gasteiger partial charge in [0.1, 0.15) is 12.7 Å². The van der Waals surface area contributed by atoms with Gasteiger partial charge in [0.25, 0.3) is 0 Å². The van der Waals surface area contributed by atoms with E-state index in [-0.39, 0.29) is 19.4 Å². The second-order valence-corrected chi connectivity index (χ2v) is 14.8. The van der Waals surface area contributed by atoms with Gasteiger partial charge in [0.2, 0.25) is 0 Å². The topological polar surface area (TPSA) is 149 Å². The molecule has 10 nitrogen and oxygen atoms in total. The lowest BCUT2D eigenvalue weighted by molar-refractivity contribution is -0.161. The summed E-state index contributed by atoms with van der Waals surface area (Å²) in [4.78, 5) is 34.8. The molecule has 0 aliphatic heterocycles. The number of ether oxygens (including phenoxy) is 2. The molecule has 0 rings (SSSR count). The monoisotopic (exact) mass is 720 g/mol. The number of allylic oxidation sites excluding steroid dienone is 2. The van der Waals surface area contributed by atoms with Crippen molar-refractivity contribution in [3.63, 3.8) is 0 Å². The zero-order chi connectivity index (χ0) is 36.3. The Morgan fingerprint density at radius 1 is 0.592 bits per heavy atom. The molecule has 11 heteroatoms. The fraction of sp³-hybridized carbons (Fsp3) is 0.895. The number of phosphoric acid groups is 1. The highest BCUT2D eigenvalue weighted by molar-refractivity contribution is 7.47. The predicted octanol–water partition coefficient (Wildman–Crippen LogP) is 9.67. The van der Waals surface area contributed by atoms with Crippen LogP contribution in [0.2, 0.25) is 0 Å². The minimum atomic E-state index is -4.61. The quantitative estimate of drug-likeness (QED) is 0.0245. The summed E-state index contributed by atoms with van der Waals surface area (Å²) in [5.41, 5.74) is 0. The molecule has 0 aromatic carbocycles. The van der Waals surface area contributed by atoms with E-state index in [0.717, 1.165) is 57.8 Å². The van der Waals surface area contributed by atoms with Crippen LogP contribution in [0, 0.1) is 0 Å². The first kappa shape index (κ1) is 47.7. The summed E-state index contributed by atoms with van der Waals surface area (Å²) in [7, 11) is -4.61. The smallest absolute Gasteiger partial charge is 0.462 e. The standard InChI is InChI=1S/C38H73O10P/c1-3-5-7-9-11-13-15-17-18-20-21-23-25-27-29-37(41)45-33-36(34-47-49(43,44)46-32-35(40)31-39)48-38(42)30-28-26-24-22-19-16-14-12-10-8-6-4-2/h12,14,35-36,39-40H,3-11,13,15-34H2,1-2H3,(H,43,44)/b14-12-/t35-,36+/m0/s1. The molecular formula is C38H73O10P. The van der Waals surface area contributed by atoms with Gasteiger partial charge in [-0.05, 0) is 38.5 Å². The van der Waals surface area contributed by atoms with Crippen molar-refractivity contribution in [2.24, 2.45) is 0 Å². The Labute approximate surface area is 298 Å². The van der Waals surface area contributed by atoms with E-state index in [1.54, 1.807) is 0 Å². The third-order valence-electron chi connectivity index (χ3n) is 8.42. The number of hydrogen-bond acceptors (Lipinski definition) is 9. The summed E-state index contributed by atoms with van der Waals surface area (Å²) in [6.45, 7) is 2.34. The Hall–Kier alpha value is -1.29. The first-order chi connectivity index (χ1) is 23.7. The van der Waals surface area contributed by atoms with E-state index in [1.807, 2.05) is 0 Å². The normalized spacial score (nSPS) is 14.1. The van der Waals surface area contributed by atoms with Gasteiger partial charge >= 0.3 is 19.8 Å². The lowest BCUT2D eigenvalue weighted by Crippen LogP contribution is -2.29. The summed E-state index contributed by atoms with van der Waals surface area (Å²) in [6.07, 6.45) is 30.4. The van der Waals surface area contributed by atoms with Crippen molar-refractivity contribution in [1.29, 1.82) is 0 Å². The van der Waals surface area contributed by atoms with E-state index in [1.165, 1.54) is 83.5 Å². The maximum Gasteiger partial charge on any atom is 0.472 e. The summed E-state index contributed by atoms with van der Waals surface area (Å²) < 4.78 is 32.6. The first-order valence-corrected chi connectivity index (χ1v) is 21.1. The van der Waals surface area contributed by atoms with Crippen LogP contribution in [0.25, 0.3) is 0 Å². The molecule has 1 unspecified atom stereocenters. The highest BCUT2D eigenvalue weighted by atomic mass is 31.2. The van der Waals surface area contributed by atoms with Gasteiger partial charge in [-0.25, -0.2) is 4.57 Å². The minimum absolute atomic E-state index is 0.177. The van der Waals surface area contributed by atoms with Crippen molar-refractivity contribution >= 4 is 19.8 Å². The molecule has 0 fully saturated rings. The van der Waals surface area contributed by atoms with Gasteiger partial charge in [0.15, 0.2) is 6.10 Å². The third kappa shape index (κ3) is 34.9. The highest BCUT2D eigenvalue weighted by Crippen LogP contribution is 2.43. The number of rotatable bonds is 37. The summed E-state index contributed by atoms with van der Waals surface area (Å²) in [5.74, 6) is -0.929. The van der Waals surface area contributed by atoms with Gasteiger partial charge in [-0.2, -0.15) is 0 Å². The minimum Gasteiger partial charge on any atom is -0.462 e. The maximum atomic E-state index is 12.5. The average molecular weight is 721 g/mol. The Balaban J connectivity index is 4.34. The molecule has 0 bridgehead atoms. The maximum absolute atomic E-state index is 12.5. The largest absolute Gasteiger partial charge is 0.472 e. The number of aliphatic hydroxyl groups is 2. The first-order valence-electron chi connectivity index (χ1n) is 19.6. The van der Waals surface area contributed by atoms with E-state index in [4.69, 9.17) is 19.1 Å². The van der Waals surface area contributed by atoms with Crippen molar-refractivity contribution in [1.82, 2.24) is 0 Å². The molecule has 0 aromatic rings. The van der Waals surface area contributed by atoms with Gasteiger partial charge in [-0.15, -0.1) is 0 Å². The molecule has 0 heterocycles. The van der Waals surface area contributed by atoms with Crippen LogP contribution in [-0.4, -0.2) is 65.7 Å². The van der Waals surface area contributed by atoms with Crippen LogP contribution in [0.3, 0.4) is 0 Å². The number of esters is 2. The van der Waals surface area contributed by atoms with Gasteiger partial charge in [0, 0.05) is 12.8 Å². The molecule has 0 aliphatic rings. The molecule has 290 valence electrons. The number of aliphatic hydroxyl groups excluding tert-OH is 2. The lowest BCUT2D eigenvalue weighted by Gasteiger charge is -2.20. The highest BCUT2D eigenvalue weighted by Gasteiger charge is 2.27. The van der Waals surface area contributed by atoms with Gasteiger partial charge in [-0.3, -0.25) is 18.6 Å². The molecule has 3 atom stereocenters. The van der Waals surface area contributed by atoms with E-state index in [2.05, 4.69) is 30.5 Å². The third-order valence-corrected chi connectivity index (χ3v) is 9.37. The molecule has 0 saturated heterocycles. The molecule has 0 aromatic heterocycles. The lowest BCUT2D eigenvalue weighted by atomic mass is 10.0. The van der Waals surface area contributed by atoms with Crippen LogP contribution in [0.4, 0.5) is 0 Å². The second kappa shape index (κ2) is 35.1. The van der Waals surface area contributed by atoms with Gasteiger partial charge in [-0.1, -0.05) is 142 Å². The predicted molar refractivity (Wildman–Crippen MR) is 196 cm³/mol. The Bertz CT molecular complexity index is 837. The van der Waals surface area contributed by atoms with Crippen molar-refractivity contribution < 1.29 is 47.8 Å². The molecule has 0 aliphatic carbocycles. The number of unbranched alkanes of at least 4 members (excludes halogenated alkanes) is 21. The van der Waals surface area contributed by atoms with E-state index in [9.17, 15) is 24.2 Å². The molecule has 0 amide bonds. The van der Waals surface area contributed by atoms with Crippen LogP contribution in [-0.2, 0) is 32.7 Å². The van der Waals surface area contributed by atoms with E-state index in [0.29, 0.717) is 12.8 Å². The summed E-state index contributed by atoms with van der Waals surface area (Å²) >= 11 is 0. The number of hydrogen-bond donors (Lipinski definition) is 3. The number of phosphoric ester groups is 1. The van der Waals surface area contributed by atoms with Crippen LogP contribution < -0.4 is 0 Å². The van der Waals surface area contributed by atoms with E-state index >= 15 is 0 Å². The zero-order valence-electron chi connectivity index (χ0n) is 31.2. The second-order valence-electron chi connectivity index (χ2n) is 13.3. The SMILES string of the molecule is CCCCC/C=C\CCCCCCCC(=O)O[C@H](COC(=O)CCCCCCCCCCCCCCCC)COP(=O)(O)OC[C@@H](O)CO. The van der Waals surface area contributed by atoms with Crippen molar-refractivity contribution in [2.75, 3.05) is 26.4 Å². The molecule has 49 heavy (non-hydrogen) atoms. The molecular weight excluding hydrogens is 647 g/mol. The molecule has 0 spiro atoms. The van der Waals surface area contributed by atoms with Gasteiger partial charge in [0.05, 0.1) is 19.8 Å². The van der Waals surface area contributed by atoms with Crippen molar-refractivity contribution in [2.45, 2.75) is 193 Å². The number of carbonyl (C=O) groups is 2. The summed E-state index contributed by atoms with van der Waals surface area (Å²) in [5, 5.41) is 18.3. The van der Waals surface area contributed by atoms with Crippen molar-refractivity contribution in [3.8, 4) is 0 Å². The number of carbonyl (C=O) groups excluding carboxylic acids is 2. The van der Waals surface area contributed by atoms with Gasteiger partial charge < -0.3 is 24.6 Å². The molecule has 3 N–H and O–H groups in total. The average Bonchev–Trinajstić information content (AvgIpc) is 3.09. The Kier molecular flexibility index (Phi) is 34.2. The van der Waals surface area contributed by atoms with E-state index < -0.39 is 51.8 Å². The van der Waals surface area contributed by atoms with Crippen LogP contribution in [0.1, 0.15) is 181 Å². The molecule has 0 saturated carbocycles. The zero-order valence-corrected chi connectivity index (χ0v) is 32.1. The Morgan fingerprint density at radius 2 is 1.00 bits per heavy atom. The van der Waals surface area contributed by atoms with Crippen LogP contribution >= 0.6 is 7.82 Å². The molecule has 0 radical (unpaired) electrons. The van der Waals surface area contributed by atoms with Crippen LogP contribution in [0.5, 0.6) is 0 Å². The fourth-order valence-corrected chi connectivity index (χ4v) is 6.13.